The molecule has 2 aliphatic rings. The number of rotatable bonds is 0. The molecule has 0 amide bonds. The van der Waals surface area contributed by atoms with Crippen LogP contribution in [0.3, 0.4) is 0 Å². The lowest BCUT2D eigenvalue weighted by molar-refractivity contribution is 0.217. The van der Waals surface area contributed by atoms with Gasteiger partial charge in [-0.1, -0.05) is 12.8 Å². The number of hydrogen-bond donors (Lipinski definition) is 0. The van der Waals surface area contributed by atoms with Gasteiger partial charge in [-0.25, -0.2) is 18.8 Å². The maximum absolute atomic E-state index is 13.1. The Balaban J connectivity index is 2.02. The van der Waals surface area contributed by atoms with Gasteiger partial charge in [0.2, 0.25) is 0 Å². The van der Waals surface area contributed by atoms with E-state index in [-0.39, 0.29) is 0 Å². The average Bonchev–Trinajstić information content (AvgIpc) is 2.29. The van der Waals surface area contributed by atoms with Crippen molar-refractivity contribution in [2.24, 2.45) is 0 Å². The molecule has 0 bridgehead atoms. The molecule has 2 unspecified atom stereocenters. The first kappa shape index (κ1) is 9.75. The van der Waals surface area contributed by atoms with Crippen LogP contribution in [0, 0.1) is 0 Å². The van der Waals surface area contributed by atoms with Crippen molar-refractivity contribution in [2.45, 2.75) is 38.0 Å². The minimum Gasteiger partial charge on any atom is -0.243 e. The van der Waals surface area contributed by atoms with Crippen molar-refractivity contribution in [1.82, 2.24) is 0 Å². The Labute approximate surface area is 80.4 Å². The molecule has 0 aliphatic carbocycles. The van der Waals surface area contributed by atoms with Gasteiger partial charge in [0.15, 0.2) is 0 Å². The molecule has 2 saturated heterocycles. The molecule has 2 rings (SSSR count). The molecule has 0 saturated carbocycles. The fraction of sp³-hybridized carbons (Fsp3) is 1.00. The second-order valence-electron chi connectivity index (χ2n) is 4.41. The van der Waals surface area contributed by atoms with Crippen molar-refractivity contribution in [1.29, 1.82) is 0 Å². The minimum atomic E-state index is -1.13. The van der Waals surface area contributed by atoms with Gasteiger partial charge in [0, 0.05) is 11.5 Å². The zero-order valence-corrected chi connectivity index (χ0v) is 8.79. The summed E-state index contributed by atoms with van der Waals surface area (Å²) in [5, 5.41) is 0. The SMILES string of the molecule is FC1CS2(CCCCCC2)CC1F. The van der Waals surface area contributed by atoms with Gasteiger partial charge in [0.25, 0.3) is 0 Å². The van der Waals surface area contributed by atoms with E-state index < -0.39 is 22.4 Å². The highest BCUT2D eigenvalue weighted by Gasteiger charge is 2.41. The summed E-state index contributed by atoms with van der Waals surface area (Å²) in [6.45, 7) is 0. The molecule has 0 nitrogen and oxygen atoms in total. The number of alkyl halides is 2. The zero-order valence-electron chi connectivity index (χ0n) is 7.98. The van der Waals surface area contributed by atoms with E-state index in [0.29, 0.717) is 11.5 Å². The van der Waals surface area contributed by atoms with E-state index >= 15 is 0 Å². The van der Waals surface area contributed by atoms with Gasteiger partial charge < -0.3 is 0 Å². The van der Waals surface area contributed by atoms with Crippen LogP contribution in [0.1, 0.15) is 25.7 Å². The summed E-state index contributed by atoms with van der Waals surface area (Å²) in [4.78, 5) is 0. The molecule has 1 spiro atoms. The van der Waals surface area contributed by atoms with E-state index in [9.17, 15) is 8.78 Å². The normalized spacial score (nSPS) is 41.7. The average molecular weight is 208 g/mol. The fourth-order valence-electron chi connectivity index (χ4n) is 2.56. The van der Waals surface area contributed by atoms with Gasteiger partial charge >= 0.3 is 0 Å². The summed E-state index contributed by atoms with van der Waals surface area (Å²) < 4.78 is 26.3. The third-order valence-corrected chi connectivity index (χ3v) is 7.68. The minimum absolute atomic E-state index is 0.578. The highest BCUT2D eigenvalue weighted by atomic mass is 32.3. The van der Waals surface area contributed by atoms with Crippen LogP contribution in [0.25, 0.3) is 0 Å². The zero-order chi connectivity index (χ0) is 9.31. The monoisotopic (exact) mass is 208 g/mol. The van der Waals surface area contributed by atoms with Crippen LogP contribution in [0.5, 0.6) is 0 Å². The van der Waals surface area contributed by atoms with Crippen LogP contribution in [0.2, 0.25) is 0 Å². The van der Waals surface area contributed by atoms with Gasteiger partial charge in [-0.3, -0.25) is 0 Å². The first-order valence-corrected chi connectivity index (χ1v) is 7.55. The third kappa shape index (κ3) is 2.00. The van der Waals surface area contributed by atoms with Crippen molar-refractivity contribution >= 4 is 10.0 Å². The second kappa shape index (κ2) is 3.76. The standard InChI is InChI=1S/C10H18F2S/c11-9-7-13(8-10(9)12)5-3-1-2-4-6-13/h9-10H,1-8H2. The predicted octanol–water partition coefficient (Wildman–Crippen LogP) is 3.05. The Kier molecular flexibility index (Phi) is 2.82. The lowest BCUT2D eigenvalue weighted by Gasteiger charge is -2.33. The van der Waals surface area contributed by atoms with Crippen LogP contribution in [0.4, 0.5) is 8.78 Å². The van der Waals surface area contributed by atoms with Crippen molar-refractivity contribution in [3.05, 3.63) is 0 Å². The Morgan fingerprint density at radius 2 is 1.23 bits per heavy atom. The molecule has 2 fully saturated rings. The Hall–Kier alpha value is 0.210. The summed E-state index contributed by atoms with van der Waals surface area (Å²) in [6.07, 6.45) is 2.73. The van der Waals surface area contributed by atoms with E-state index in [4.69, 9.17) is 0 Å². The summed E-state index contributed by atoms with van der Waals surface area (Å²) in [7, 11) is -0.847. The van der Waals surface area contributed by atoms with Crippen molar-refractivity contribution in [2.75, 3.05) is 23.0 Å². The second-order valence-corrected chi connectivity index (χ2v) is 8.35. The lowest BCUT2D eigenvalue weighted by atomic mass is 10.2. The number of halogens is 2. The molecule has 0 radical (unpaired) electrons. The topological polar surface area (TPSA) is 0 Å². The largest absolute Gasteiger partial charge is 0.243 e. The smallest absolute Gasteiger partial charge is 0.139 e. The Morgan fingerprint density at radius 3 is 1.69 bits per heavy atom. The summed E-state index contributed by atoms with van der Waals surface area (Å²) >= 11 is 0. The third-order valence-electron chi connectivity index (χ3n) is 3.32. The molecule has 0 aromatic rings. The molecule has 0 aromatic heterocycles. The van der Waals surface area contributed by atoms with Gasteiger partial charge in [0.1, 0.15) is 12.3 Å². The van der Waals surface area contributed by atoms with Crippen LogP contribution in [0.15, 0.2) is 0 Å². The molecule has 3 heteroatoms. The lowest BCUT2D eigenvalue weighted by Crippen LogP contribution is -2.12. The number of hydrogen-bond acceptors (Lipinski definition) is 0. The summed E-state index contributed by atoms with van der Waals surface area (Å²) in [5.74, 6) is 3.45. The van der Waals surface area contributed by atoms with Gasteiger partial charge in [-0.05, 0) is 24.3 Å². The van der Waals surface area contributed by atoms with E-state index in [2.05, 4.69) is 0 Å². The summed E-state index contributed by atoms with van der Waals surface area (Å²) in [5.41, 5.74) is 0. The summed E-state index contributed by atoms with van der Waals surface area (Å²) in [6, 6.07) is 0. The van der Waals surface area contributed by atoms with E-state index in [0.717, 1.165) is 11.5 Å². The molecule has 78 valence electrons. The molecule has 0 aromatic carbocycles. The Bertz CT molecular complexity index is 164. The molecule has 13 heavy (non-hydrogen) atoms. The molecular formula is C10H18F2S. The molecule has 0 N–H and O–H groups in total. The molecular weight excluding hydrogens is 190 g/mol. The molecule has 2 heterocycles. The van der Waals surface area contributed by atoms with Crippen LogP contribution >= 0.6 is 10.0 Å². The highest BCUT2D eigenvalue weighted by molar-refractivity contribution is 8.34. The van der Waals surface area contributed by atoms with Crippen molar-refractivity contribution in [3.63, 3.8) is 0 Å². The van der Waals surface area contributed by atoms with Crippen molar-refractivity contribution in [3.8, 4) is 0 Å². The first-order valence-electron chi connectivity index (χ1n) is 5.24. The van der Waals surface area contributed by atoms with E-state index in [1.165, 1.54) is 25.7 Å². The van der Waals surface area contributed by atoms with Gasteiger partial charge in [-0.2, -0.15) is 0 Å². The van der Waals surface area contributed by atoms with E-state index in [1.807, 2.05) is 0 Å². The molecule has 2 aliphatic heterocycles. The predicted molar refractivity (Wildman–Crippen MR) is 55.3 cm³/mol. The van der Waals surface area contributed by atoms with Gasteiger partial charge in [-0.15, -0.1) is 0 Å². The maximum Gasteiger partial charge on any atom is 0.139 e. The van der Waals surface area contributed by atoms with Crippen LogP contribution in [-0.2, 0) is 0 Å². The highest BCUT2D eigenvalue weighted by Crippen LogP contribution is 2.57. The van der Waals surface area contributed by atoms with E-state index in [1.54, 1.807) is 0 Å². The van der Waals surface area contributed by atoms with Gasteiger partial charge in [0.05, 0.1) is 0 Å². The first-order chi connectivity index (χ1) is 6.22. The molecule has 2 atom stereocenters. The Morgan fingerprint density at radius 1 is 0.769 bits per heavy atom. The fourth-order valence-corrected chi connectivity index (χ4v) is 6.97. The van der Waals surface area contributed by atoms with Crippen molar-refractivity contribution < 1.29 is 8.78 Å². The maximum atomic E-state index is 13.1. The quantitative estimate of drug-likeness (QED) is 0.574. The van der Waals surface area contributed by atoms with Crippen LogP contribution in [-0.4, -0.2) is 35.4 Å². The van der Waals surface area contributed by atoms with Crippen LogP contribution < -0.4 is 0 Å².